The number of aryl methyl sites for hydroxylation is 2. The van der Waals surface area contributed by atoms with E-state index in [4.69, 9.17) is 0 Å². The van der Waals surface area contributed by atoms with Gasteiger partial charge in [-0.1, -0.05) is 55.8 Å². The summed E-state index contributed by atoms with van der Waals surface area (Å²) in [4.78, 5) is 11.8. The van der Waals surface area contributed by atoms with Crippen molar-refractivity contribution in [2.45, 2.75) is 39.0 Å². The van der Waals surface area contributed by atoms with Crippen molar-refractivity contribution in [2.24, 2.45) is 0 Å². The minimum absolute atomic E-state index is 0.000244. The Morgan fingerprint density at radius 3 is 2.29 bits per heavy atom. The average Bonchev–Trinajstić information content (AvgIpc) is 2.53. The summed E-state index contributed by atoms with van der Waals surface area (Å²) in [6.45, 7) is 1.92. The number of esters is 1. The van der Waals surface area contributed by atoms with E-state index >= 15 is 0 Å². The summed E-state index contributed by atoms with van der Waals surface area (Å²) < 4.78 is 40.6. The first kappa shape index (κ1) is 18.0. The topological polar surface area (TPSA) is 26.3 Å². The van der Waals surface area contributed by atoms with Crippen molar-refractivity contribution in [3.8, 4) is 0 Å². The molecule has 2 aromatic rings. The Kier molecular flexibility index (Phi) is 6.01. The van der Waals surface area contributed by atoms with Gasteiger partial charge in [-0.05, 0) is 42.0 Å². The Hall–Kier alpha value is -2.30. The number of hydrogen-bond acceptors (Lipinski definition) is 2. The first-order chi connectivity index (χ1) is 11.4. The highest BCUT2D eigenvalue weighted by atomic mass is 19.4. The highest BCUT2D eigenvalue weighted by Gasteiger charge is 2.35. The summed E-state index contributed by atoms with van der Waals surface area (Å²) in [6.07, 6.45) is -2.29. The Morgan fingerprint density at radius 1 is 0.958 bits per heavy atom. The maximum absolute atomic E-state index is 12.3. The molecule has 0 atom stereocenters. The van der Waals surface area contributed by atoms with E-state index in [9.17, 15) is 18.0 Å². The van der Waals surface area contributed by atoms with Crippen LogP contribution in [0.2, 0.25) is 0 Å². The first-order valence-electron chi connectivity index (χ1n) is 7.85. The van der Waals surface area contributed by atoms with Crippen LogP contribution >= 0.6 is 0 Å². The molecule has 0 aliphatic carbocycles. The molecule has 0 aliphatic heterocycles. The van der Waals surface area contributed by atoms with Crippen LogP contribution in [0.15, 0.2) is 48.5 Å². The smallest absolute Gasteiger partial charge is 0.369 e. The van der Waals surface area contributed by atoms with Gasteiger partial charge in [0, 0.05) is 0 Å². The lowest BCUT2D eigenvalue weighted by atomic mass is 9.93. The molecule has 0 saturated heterocycles. The number of alkyl halides is 3. The summed E-state index contributed by atoms with van der Waals surface area (Å²) in [6, 6.07) is 14.7. The number of rotatable bonds is 6. The largest absolute Gasteiger partial charge is 0.575 e. The van der Waals surface area contributed by atoms with Crippen molar-refractivity contribution >= 4 is 5.97 Å². The van der Waals surface area contributed by atoms with Crippen LogP contribution in [0, 0.1) is 0 Å². The molecule has 2 aromatic carbocycles. The lowest BCUT2D eigenvalue weighted by Crippen LogP contribution is -2.21. The number of ether oxygens (including phenoxy) is 1. The van der Waals surface area contributed by atoms with Gasteiger partial charge in [0.2, 0.25) is 0 Å². The van der Waals surface area contributed by atoms with Crippen LogP contribution in [0.25, 0.3) is 0 Å². The third-order valence-electron chi connectivity index (χ3n) is 3.73. The fraction of sp³-hybridized carbons (Fsp3) is 0.316. The third-order valence-corrected chi connectivity index (χ3v) is 3.73. The van der Waals surface area contributed by atoms with E-state index in [0.29, 0.717) is 18.4 Å². The van der Waals surface area contributed by atoms with Crippen molar-refractivity contribution in [2.75, 3.05) is 0 Å². The lowest BCUT2D eigenvalue weighted by Gasteiger charge is -2.15. The zero-order valence-corrected chi connectivity index (χ0v) is 13.4. The normalized spacial score (nSPS) is 11.3. The molecule has 5 heteroatoms. The van der Waals surface area contributed by atoms with Crippen molar-refractivity contribution in [1.29, 1.82) is 0 Å². The molecular formula is C19H19F3O2. The molecule has 128 valence electrons. The molecule has 0 aromatic heterocycles. The number of carbonyl (C=O) groups excluding carboxylic acids is 1. The molecule has 0 amide bonds. The van der Waals surface area contributed by atoms with Gasteiger partial charge in [0.15, 0.2) is 0 Å². The van der Waals surface area contributed by atoms with E-state index in [1.807, 2.05) is 43.3 Å². The zero-order chi connectivity index (χ0) is 17.6. The first-order valence-corrected chi connectivity index (χ1v) is 7.85. The van der Waals surface area contributed by atoms with Gasteiger partial charge >= 0.3 is 12.3 Å². The van der Waals surface area contributed by atoms with Crippen LogP contribution in [0.5, 0.6) is 0 Å². The third kappa shape index (κ3) is 5.11. The Bertz CT molecular complexity index is 679. The second-order valence-electron chi connectivity index (χ2n) is 5.51. The Balaban J connectivity index is 2.24. The predicted molar refractivity (Wildman–Crippen MR) is 85.8 cm³/mol. The molecule has 2 nitrogen and oxygen atoms in total. The summed E-state index contributed by atoms with van der Waals surface area (Å²) in [7, 11) is 0. The summed E-state index contributed by atoms with van der Waals surface area (Å²) in [5, 5.41) is 0. The van der Waals surface area contributed by atoms with E-state index in [0.717, 1.165) is 24.0 Å². The van der Waals surface area contributed by atoms with Crippen molar-refractivity contribution in [1.82, 2.24) is 0 Å². The van der Waals surface area contributed by atoms with Crippen LogP contribution in [0.4, 0.5) is 13.2 Å². The standard InChI is InChI=1S/C19H19F3O2/c1-2-7-16-15(13-12-14-8-4-3-5-9-14)10-6-11-17(16)18(23)24-19(20,21)22/h3-6,8-11H,2,7,12-13H2,1H3. The molecule has 0 radical (unpaired) electrons. The van der Waals surface area contributed by atoms with E-state index < -0.39 is 12.3 Å². The van der Waals surface area contributed by atoms with E-state index in [1.54, 1.807) is 6.07 Å². The molecule has 0 saturated carbocycles. The van der Waals surface area contributed by atoms with Crippen LogP contribution in [0.1, 0.15) is 40.4 Å². The minimum atomic E-state index is -4.97. The fourth-order valence-electron chi connectivity index (χ4n) is 2.69. The van der Waals surface area contributed by atoms with Gasteiger partial charge in [-0.3, -0.25) is 0 Å². The zero-order valence-electron chi connectivity index (χ0n) is 13.4. The minimum Gasteiger partial charge on any atom is -0.369 e. The van der Waals surface area contributed by atoms with Gasteiger partial charge in [0.25, 0.3) is 0 Å². The number of hydrogen-bond donors (Lipinski definition) is 0. The summed E-state index contributed by atoms with van der Waals surface area (Å²) >= 11 is 0. The molecular weight excluding hydrogens is 317 g/mol. The number of benzene rings is 2. The SMILES string of the molecule is CCCc1c(CCc2ccccc2)cccc1C(=O)OC(F)(F)F. The van der Waals surface area contributed by atoms with Gasteiger partial charge in [0.05, 0.1) is 5.56 Å². The van der Waals surface area contributed by atoms with Crippen molar-refractivity contribution in [3.63, 3.8) is 0 Å². The van der Waals surface area contributed by atoms with Gasteiger partial charge < -0.3 is 4.74 Å². The van der Waals surface area contributed by atoms with Crippen LogP contribution in [0.3, 0.4) is 0 Å². The maximum atomic E-state index is 12.3. The monoisotopic (exact) mass is 336 g/mol. The highest BCUT2D eigenvalue weighted by Crippen LogP contribution is 2.24. The maximum Gasteiger partial charge on any atom is 0.575 e. The number of carbonyl (C=O) groups is 1. The number of halogens is 3. The molecule has 0 fully saturated rings. The van der Waals surface area contributed by atoms with Gasteiger partial charge in [-0.15, -0.1) is 13.2 Å². The van der Waals surface area contributed by atoms with E-state index in [-0.39, 0.29) is 5.56 Å². The molecule has 0 aliphatic rings. The molecule has 0 unspecified atom stereocenters. The van der Waals surface area contributed by atoms with Gasteiger partial charge in [-0.2, -0.15) is 0 Å². The Labute approximate surface area is 139 Å². The molecule has 0 heterocycles. The van der Waals surface area contributed by atoms with Crippen LogP contribution in [-0.2, 0) is 24.0 Å². The van der Waals surface area contributed by atoms with Crippen molar-refractivity contribution in [3.05, 3.63) is 70.8 Å². The second-order valence-corrected chi connectivity index (χ2v) is 5.51. The van der Waals surface area contributed by atoms with Gasteiger partial charge in [0.1, 0.15) is 0 Å². The fourth-order valence-corrected chi connectivity index (χ4v) is 2.69. The second kappa shape index (κ2) is 7.99. The molecule has 0 spiro atoms. The molecule has 2 rings (SSSR count). The Morgan fingerprint density at radius 2 is 1.67 bits per heavy atom. The lowest BCUT2D eigenvalue weighted by molar-refractivity contribution is -0.291. The summed E-state index contributed by atoms with van der Waals surface area (Å²) in [5.74, 6) is -1.34. The van der Waals surface area contributed by atoms with Gasteiger partial charge in [-0.25, -0.2) is 4.79 Å². The molecule has 0 bridgehead atoms. The van der Waals surface area contributed by atoms with E-state index in [2.05, 4.69) is 4.74 Å². The van der Waals surface area contributed by atoms with Crippen LogP contribution < -0.4 is 0 Å². The van der Waals surface area contributed by atoms with E-state index in [1.165, 1.54) is 6.07 Å². The van der Waals surface area contributed by atoms with Crippen molar-refractivity contribution < 1.29 is 22.7 Å². The van der Waals surface area contributed by atoms with Crippen LogP contribution in [-0.4, -0.2) is 12.3 Å². The summed E-state index contributed by atoms with van der Waals surface area (Å²) in [5.41, 5.74) is 2.67. The molecule has 24 heavy (non-hydrogen) atoms. The average molecular weight is 336 g/mol. The predicted octanol–water partition coefficient (Wildman–Crippen LogP) is 5.10. The molecule has 0 N–H and O–H groups in total. The highest BCUT2D eigenvalue weighted by molar-refractivity contribution is 5.91. The quantitative estimate of drug-likeness (QED) is 0.686.